The van der Waals surface area contributed by atoms with E-state index in [1.165, 1.54) is 16.8 Å². The van der Waals surface area contributed by atoms with E-state index in [-0.39, 0.29) is 18.8 Å². The van der Waals surface area contributed by atoms with Crippen molar-refractivity contribution in [2.75, 3.05) is 23.7 Å². The minimum absolute atomic E-state index is 0.133. The summed E-state index contributed by atoms with van der Waals surface area (Å²) in [6.07, 6.45) is 4.65. The third-order valence-electron chi connectivity index (χ3n) is 4.40. The largest absolute Gasteiger partial charge is 0.469 e. The van der Waals surface area contributed by atoms with Crippen molar-refractivity contribution in [2.45, 2.75) is 25.7 Å². The second-order valence-corrected chi connectivity index (χ2v) is 8.35. The van der Waals surface area contributed by atoms with E-state index in [9.17, 15) is 18.0 Å². The van der Waals surface area contributed by atoms with Crippen LogP contribution in [0.25, 0.3) is 0 Å². The molecule has 0 fully saturated rings. The summed E-state index contributed by atoms with van der Waals surface area (Å²) in [6, 6.07) is 8.41. The molecule has 7 nitrogen and oxygen atoms in total. The van der Waals surface area contributed by atoms with Gasteiger partial charge in [0.1, 0.15) is 5.76 Å². The van der Waals surface area contributed by atoms with Gasteiger partial charge in [0.2, 0.25) is 10.0 Å². The molecule has 0 saturated carbocycles. The molecule has 2 heterocycles. The second kappa shape index (κ2) is 7.96. The van der Waals surface area contributed by atoms with Gasteiger partial charge in [0.25, 0.3) is 0 Å². The molecule has 0 saturated heterocycles. The number of rotatable bonds is 7. The van der Waals surface area contributed by atoms with E-state index in [1.54, 1.807) is 30.3 Å². The molecule has 8 heteroatoms. The molecule has 27 heavy (non-hydrogen) atoms. The van der Waals surface area contributed by atoms with Gasteiger partial charge >= 0.3 is 5.97 Å². The maximum Gasteiger partial charge on any atom is 0.306 e. The lowest BCUT2D eigenvalue weighted by Gasteiger charge is -2.29. The third-order valence-corrected chi connectivity index (χ3v) is 5.58. The minimum atomic E-state index is -3.35. The number of sulfonamides is 1. The summed E-state index contributed by atoms with van der Waals surface area (Å²) < 4.78 is 35.3. The topological polar surface area (TPSA) is 93.9 Å². The van der Waals surface area contributed by atoms with E-state index < -0.39 is 16.0 Å². The number of Topliss-reactive ketones (excluding diaryl/α,β-unsaturated/α-hetero) is 1. The first-order valence-corrected chi connectivity index (χ1v) is 10.5. The number of hydrogen-bond donors (Lipinski definition) is 0. The fraction of sp³-hybridized carbons (Fsp3) is 0.368. The Morgan fingerprint density at radius 1 is 1.26 bits per heavy atom. The first-order valence-electron chi connectivity index (χ1n) is 8.66. The van der Waals surface area contributed by atoms with Crippen molar-refractivity contribution in [3.8, 4) is 0 Å². The highest BCUT2D eigenvalue weighted by atomic mass is 32.2. The fourth-order valence-electron chi connectivity index (χ4n) is 3.06. The smallest absolute Gasteiger partial charge is 0.306 e. The number of furan rings is 1. The van der Waals surface area contributed by atoms with E-state index in [1.807, 2.05) is 0 Å². The average molecular weight is 391 g/mol. The number of benzene rings is 1. The monoisotopic (exact) mass is 391 g/mol. The number of nitrogens with zero attached hydrogens (tertiary/aromatic N) is 1. The molecule has 1 aromatic carbocycles. The number of aryl methyl sites for hydroxylation is 2. The van der Waals surface area contributed by atoms with Gasteiger partial charge in [-0.3, -0.25) is 13.9 Å². The number of anilines is 1. The molecule has 2 aromatic rings. The quantitative estimate of drug-likeness (QED) is 0.531. The van der Waals surface area contributed by atoms with Gasteiger partial charge in [-0.1, -0.05) is 0 Å². The van der Waals surface area contributed by atoms with E-state index in [2.05, 4.69) is 0 Å². The Morgan fingerprint density at radius 3 is 2.78 bits per heavy atom. The summed E-state index contributed by atoms with van der Waals surface area (Å²) in [4.78, 5) is 24.1. The van der Waals surface area contributed by atoms with Crippen LogP contribution in [0.2, 0.25) is 0 Å². The average Bonchev–Trinajstić information content (AvgIpc) is 3.16. The Hall–Kier alpha value is -2.61. The highest BCUT2D eigenvalue weighted by Crippen LogP contribution is 2.30. The third kappa shape index (κ3) is 4.77. The zero-order valence-electron chi connectivity index (χ0n) is 15.0. The summed E-state index contributed by atoms with van der Waals surface area (Å²) in [6.45, 7) is 0.0952. The number of ether oxygens (including phenoxy) is 1. The van der Waals surface area contributed by atoms with Crippen LogP contribution < -0.4 is 4.31 Å². The van der Waals surface area contributed by atoms with Crippen LogP contribution in [0.3, 0.4) is 0 Å². The predicted molar refractivity (Wildman–Crippen MR) is 99.3 cm³/mol. The second-order valence-electron chi connectivity index (χ2n) is 6.45. The molecule has 0 atom stereocenters. The van der Waals surface area contributed by atoms with Crippen molar-refractivity contribution in [1.82, 2.24) is 0 Å². The highest BCUT2D eigenvalue weighted by Gasteiger charge is 2.24. The van der Waals surface area contributed by atoms with Crippen molar-refractivity contribution in [3.63, 3.8) is 0 Å². The van der Waals surface area contributed by atoms with E-state index in [0.29, 0.717) is 42.8 Å². The summed E-state index contributed by atoms with van der Waals surface area (Å²) in [5.74, 6) is -0.106. The number of ketones is 1. The summed E-state index contributed by atoms with van der Waals surface area (Å²) in [7, 11) is -3.35. The molecule has 0 radical (unpaired) electrons. The van der Waals surface area contributed by atoms with Crippen LogP contribution in [0.4, 0.5) is 5.69 Å². The molecule has 3 rings (SSSR count). The van der Waals surface area contributed by atoms with Crippen molar-refractivity contribution in [2.24, 2.45) is 0 Å². The molecule has 1 aliphatic rings. The molecule has 0 bridgehead atoms. The number of esters is 1. The van der Waals surface area contributed by atoms with Gasteiger partial charge in [-0.15, -0.1) is 0 Å². The maximum absolute atomic E-state index is 12.3. The van der Waals surface area contributed by atoms with Crippen molar-refractivity contribution in [1.29, 1.82) is 0 Å². The SMILES string of the molecule is CS(=O)(=O)N1CCCc2cc(C(=O)COC(=O)CCc3ccco3)ccc21. The van der Waals surface area contributed by atoms with Crippen LogP contribution in [-0.2, 0) is 32.4 Å². The first-order chi connectivity index (χ1) is 12.8. The van der Waals surface area contributed by atoms with Crippen LogP contribution >= 0.6 is 0 Å². The van der Waals surface area contributed by atoms with Crippen LogP contribution in [0, 0.1) is 0 Å². The summed E-state index contributed by atoms with van der Waals surface area (Å²) in [5, 5.41) is 0. The Kier molecular flexibility index (Phi) is 5.65. The van der Waals surface area contributed by atoms with Gasteiger partial charge in [-0.2, -0.15) is 0 Å². The molecular formula is C19H21NO6S. The lowest BCUT2D eigenvalue weighted by atomic mass is 9.99. The first kappa shape index (κ1) is 19.2. The Labute approximate surface area is 158 Å². The molecule has 1 aliphatic heterocycles. The standard InChI is InChI=1S/C19H21NO6S/c1-27(23,24)20-10-2-4-14-12-15(6-8-17(14)20)18(21)13-26-19(22)9-7-16-5-3-11-25-16/h3,5-6,8,11-12H,2,4,7,9-10,13H2,1H3. The highest BCUT2D eigenvalue weighted by molar-refractivity contribution is 7.92. The molecule has 0 aliphatic carbocycles. The van der Waals surface area contributed by atoms with Crippen LogP contribution in [-0.4, -0.2) is 39.6 Å². The molecule has 0 amide bonds. The van der Waals surface area contributed by atoms with Crippen molar-refractivity contribution in [3.05, 3.63) is 53.5 Å². The number of carbonyl (C=O) groups is 2. The zero-order chi connectivity index (χ0) is 19.4. The van der Waals surface area contributed by atoms with Crippen molar-refractivity contribution >= 4 is 27.5 Å². The van der Waals surface area contributed by atoms with E-state index in [0.717, 1.165) is 5.56 Å². The number of hydrogen-bond acceptors (Lipinski definition) is 6. The molecule has 0 spiro atoms. The minimum Gasteiger partial charge on any atom is -0.469 e. The lowest BCUT2D eigenvalue weighted by molar-refractivity contribution is -0.142. The molecular weight excluding hydrogens is 370 g/mol. The van der Waals surface area contributed by atoms with Gasteiger partial charge in [0.05, 0.1) is 24.6 Å². The van der Waals surface area contributed by atoms with Gasteiger partial charge in [-0.25, -0.2) is 8.42 Å². The normalized spacial score (nSPS) is 13.9. The maximum atomic E-state index is 12.3. The number of carbonyl (C=O) groups excluding carboxylic acids is 2. The van der Waals surface area contributed by atoms with Crippen LogP contribution in [0.1, 0.15) is 34.5 Å². The summed E-state index contributed by atoms with van der Waals surface area (Å²) >= 11 is 0. The van der Waals surface area contributed by atoms with Crippen molar-refractivity contribution < 1.29 is 27.2 Å². The van der Waals surface area contributed by atoms with Gasteiger partial charge in [0.15, 0.2) is 12.4 Å². The Balaban J connectivity index is 1.60. The molecule has 1 aromatic heterocycles. The number of fused-ring (bicyclic) bond motifs is 1. The lowest BCUT2D eigenvalue weighted by Crippen LogP contribution is -2.34. The van der Waals surface area contributed by atoms with Gasteiger partial charge in [-0.05, 0) is 48.7 Å². The summed E-state index contributed by atoms with van der Waals surface area (Å²) in [5.41, 5.74) is 1.82. The Bertz CT molecular complexity index is 933. The molecule has 0 N–H and O–H groups in total. The molecule has 0 unspecified atom stereocenters. The van der Waals surface area contributed by atoms with Crippen LogP contribution in [0.15, 0.2) is 41.0 Å². The van der Waals surface area contributed by atoms with Gasteiger partial charge < -0.3 is 9.15 Å². The van der Waals surface area contributed by atoms with E-state index in [4.69, 9.17) is 9.15 Å². The Morgan fingerprint density at radius 2 is 2.07 bits per heavy atom. The van der Waals surface area contributed by atoms with Crippen LogP contribution in [0.5, 0.6) is 0 Å². The predicted octanol–water partition coefficient (Wildman–Crippen LogP) is 2.35. The van der Waals surface area contributed by atoms with E-state index >= 15 is 0 Å². The molecule has 144 valence electrons. The zero-order valence-corrected chi connectivity index (χ0v) is 15.8. The fourth-order valence-corrected chi connectivity index (χ4v) is 4.06. The van der Waals surface area contributed by atoms with Gasteiger partial charge in [0, 0.05) is 18.5 Å².